The third-order valence-corrected chi connectivity index (χ3v) is 5.59. The lowest BCUT2D eigenvalue weighted by molar-refractivity contribution is 0.102. The highest BCUT2D eigenvalue weighted by atomic mass is 16.5. The minimum atomic E-state index is -0.269. The fraction of sp³-hybridized carbons (Fsp3) is 0.231. The Morgan fingerprint density at radius 2 is 1.70 bits per heavy atom. The maximum absolute atomic E-state index is 13.2. The van der Waals surface area contributed by atoms with Gasteiger partial charge in [-0.05, 0) is 42.3 Å². The number of hydrogen-bond donors (Lipinski definition) is 1. The van der Waals surface area contributed by atoms with Crippen LogP contribution in [0.5, 0.6) is 11.5 Å². The molecule has 7 heteroatoms. The number of ether oxygens (including phenoxy) is 2. The Labute approximate surface area is 193 Å². The van der Waals surface area contributed by atoms with Crippen LogP contribution < -0.4 is 19.7 Å². The molecule has 0 saturated carbocycles. The molecule has 0 atom stereocenters. The van der Waals surface area contributed by atoms with Crippen LogP contribution in [0.1, 0.15) is 22.3 Å². The van der Waals surface area contributed by atoms with Crippen molar-refractivity contribution in [2.45, 2.75) is 13.0 Å². The SMILES string of the molecule is COc1ccc(NC(=O)c2cccc(N3CCCN(Cc4ccccc4)C3=O)c2)cc1OC. The van der Waals surface area contributed by atoms with E-state index in [0.29, 0.717) is 48.1 Å². The van der Waals surface area contributed by atoms with Crippen LogP contribution in [0.25, 0.3) is 0 Å². The fourth-order valence-electron chi connectivity index (χ4n) is 3.90. The molecule has 0 radical (unpaired) electrons. The van der Waals surface area contributed by atoms with Crippen LogP contribution in [0.4, 0.5) is 16.2 Å². The molecule has 0 bridgehead atoms. The standard InChI is InChI=1S/C26H27N3O4/c1-32-23-13-12-21(17-24(23)33-2)27-25(30)20-10-6-11-22(16-20)29-15-7-14-28(26(29)31)18-19-8-4-3-5-9-19/h3-6,8-13,16-17H,7,14-15,18H2,1-2H3,(H,27,30). The Morgan fingerprint density at radius 3 is 2.45 bits per heavy atom. The molecule has 1 saturated heterocycles. The van der Waals surface area contributed by atoms with E-state index in [1.54, 1.807) is 55.5 Å². The molecule has 3 aromatic rings. The quantitative estimate of drug-likeness (QED) is 0.568. The van der Waals surface area contributed by atoms with Gasteiger partial charge in [0.2, 0.25) is 0 Å². The number of methoxy groups -OCH3 is 2. The number of urea groups is 1. The second-order valence-corrected chi connectivity index (χ2v) is 7.77. The molecule has 3 aromatic carbocycles. The zero-order chi connectivity index (χ0) is 23.2. The van der Waals surface area contributed by atoms with Gasteiger partial charge in [-0.15, -0.1) is 0 Å². The molecule has 1 N–H and O–H groups in total. The van der Waals surface area contributed by atoms with E-state index in [4.69, 9.17) is 9.47 Å². The molecule has 1 fully saturated rings. The van der Waals surface area contributed by atoms with Gasteiger partial charge in [-0.3, -0.25) is 9.69 Å². The number of hydrogen-bond acceptors (Lipinski definition) is 4. The molecular formula is C26H27N3O4. The number of carbonyl (C=O) groups is 2. The van der Waals surface area contributed by atoms with Crippen molar-refractivity contribution in [3.63, 3.8) is 0 Å². The van der Waals surface area contributed by atoms with Gasteiger partial charge in [0.1, 0.15) is 0 Å². The molecule has 7 nitrogen and oxygen atoms in total. The summed E-state index contributed by atoms with van der Waals surface area (Å²) < 4.78 is 10.5. The highest BCUT2D eigenvalue weighted by Gasteiger charge is 2.27. The van der Waals surface area contributed by atoms with E-state index in [0.717, 1.165) is 12.0 Å². The van der Waals surface area contributed by atoms with Gasteiger partial charge in [-0.1, -0.05) is 36.4 Å². The van der Waals surface area contributed by atoms with Crippen LogP contribution >= 0.6 is 0 Å². The number of anilines is 2. The normalized spacial score (nSPS) is 13.6. The minimum absolute atomic E-state index is 0.0532. The first-order valence-corrected chi connectivity index (χ1v) is 10.8. The van der Waals surface area contributed by atoms with E-state index < -0.39 is 0 Å². The Balaban J connectivity index is 1.49. The summed E-state index contributed by atoms with van der Waals surface area (Å²) in [4.78, 5) is 29.6. The minimum Gasteiger partial charge on any atom is -0.493 e. The molecule has 0 unspecified atom stereocenters. The van der Waals surface area contributed by atoms with Crippen molar-refractivity contribution in [1.82, 2.24) is 4.90 Å². The average molecular weight is 446 g/mol. The van der Waals surface area contributed by atoms with E-state index >= 15 is 0 Å². The van der Waals surface area contributed by atoms with E-state index in [1.807, 2.05) is 41.3 Å². The predicted octanol–water partition coefficient (Wildman–Crippen LogP) is 4.79. The van der Waals surface area contributed by atoms with Crippen molar-refractivity contribution in [2.75, 3.05) is 37.5 Å². The van der Waals surface area contributed by atoms with Gasteiger partial charge >= 0.3 is 6.03 Å². The molecular weight excluding hydrogens is 418 g/mol. The second-order valence-electron chi connectivity index (χ2n) is 7.77. The van der Waals surface area contributed by atoms with Crippen molar-refractivity contribution >= 4 is 23.3 Å². The number of nitrogens with one attached hydrogen (secondary N) is 1. The summed E-state index contributed by atoms with van der Waals surface area (Å²) in [6.07, 6.45) is 0.862. The number of benzene rings is 3. The number of rotatable bonds is 7. The monoisotopic (exact) mass is 445 g/mol. The van der Waals surface area contributed by atoms with Gasteiger partial charge in [0.05, 0.1) is 14.2 Å². The average Bonchev–Trinajstić information content (AvgIpc) is 2.86. The molecule has 3 amide bonds. The van der Waals surface area contributed by atoms with Crippen molar-refractivity contribution in [1.29, 1.82) is 0 Å². The number of amides is 3. The molecule has 1 heterocycles. The van der Waals surface area contributed by atoms with Gasteiger partial charge in [-0.25, -0.2) is 4.79 Å². The summed E-state index contributed by atoms with van der Waals surface area (Å²) in [7, 11) is 3.11. The Hall–Kier alpha value is -4.00. The van der Waals surface area contributed by atoms with Crippen molar-refractivity contribution in [3.05, 3.63) is 83.9 Å². The molecule has 1 aliphatic heterocycles. The summed E-state index contributed by atoms with van der Waals surface area (Å²) in [5.74, 6) is 0.845. The van der Waals surface area contributed by atoms with Gasteiger partial charge in [-0.2, -0.15) is 0 Å². The molecule has 0 aromatic heterocycles. The van der Waals surface area contributed by atoms with Crippen LogP contribution in [-0.2, 0) is 6.54 Å². The van der Waals surface area contributed by atoms with Gasteiger partial charge < -0.3 is 19.7 Å². The summed E-state index contributed by atoms with van der Waals surface area (Å²) in [6, 6.07) is 22.2. The van der Waals surface area contributed by atoms with Gasteiger partial charge in [0.15, 0.2) is 11.5 Å². The van der Waals surface area contributed by atoms with Crippen LogP contribution in [0.15, 0.2) is 72.8 Å². The zero-order valence-corrected chi connectivity index (χ0v) is 18.8. The number of nitrogens with zero attached hydrogens (tertiary/aromatic N) is 2. The largest absolute Gasteiger partial charge is 0.493 e. The third-order valence-electron chi connectivity index (χ3n) is 5.59. The first-order valence-electron chi connectivity index (χ1n) is 10.8. The van der Waals surface area contributed by atoms with Crippen LogP contribution in [0, 0.1) is 0 Å². The van der Waals surface area contributed by atoms with Crippen LogP contribution in [0.2, 0.25) is 0 Å². The summed E-state index contributed by atoms with van der Waals surface area (Å²) in [5.41, 5.74) is 2.86. The molecule has 1 aliphatic rings. The Bertz CT molecular complexity index is 1130. The lowest BCUT2D eigenvalue weighted by atomic mass is 10.1. The maximum atomic E-state index is 13.2. The first kappa shape index (κ1) is 22.2. The topological polar surface area (TPSA) is 71.1 Å². The highest BCUT2D eigenvalue weighted by Crippen LogP contribution is 2.30. The lowest BCUT2D eigenvalue weighted by Gasteiger charge is -2.35. The summed E-state index contributed by atoms with van der Waals surface area (Å²) in [6.45, 7) is 1.89. The van der Waals surface area contributed by atoms with E-state index in [9.17, 15) is 9.59 Å². The molecule has 33 heavy (non-hydrogen) atoms. The van der Waals surface area contributed by atoms with E-state index in [-0.39, 0.29) is 11.9 Å². The van der Waals surface area contributed by atoms with Crippen molar-refractivity contribution in [3.8, 4) is 11.5 Å². The summed E-state index contributed by atoms with van der Waals surface area (Å²) in [5, 5.41) is 2.88. The second kappa shape index (κ2) is 10.1. The highest BCUT2D eigenvalue weighted by molar-refractivity contribution is 6.05. The Morgan fingerprint density at radius 1 is 0.909 bits per heavy atom. The molecule has 0 aliphatic carbocycles. The fourth-order valence-corrected chi connectivity index (χ4v) is 3.90. The predicted molar refractivity (Wildman–Crippen MR) is 128 cm³/mol. The van der Waals surface area contributed by atoms with Crippen LogP contribution in [0.3, 0.4) is 0 Å². The first-order chi connectivity index (χ1) is 16.1. The van der Waals surface area contributed by atoms with Crippen molar-refractivity contribution in [2.24, 2.45) is 0 Å². The lowest BCUT2D eigenvalue weighted by Crippen LogP contribution is -2.49. The molecule has 4 rings (SSSR count). The smallest absolute Gasteiger partial charge is 0.324 e. The van der Waals surface area contributed by atoms with E-state index in [2.05, 4.69) is 5.32 Å². The Kier molecular flexibility index (Phi) is 6.78. The third kappa shape index (κ3) is 5.09. The molecule has 170 valence electrons. The van der Waals surface area contributed by atoms with Gasteiger partial charge in [0, 0.05) is 42.6 Å². The van der Waals surface area contributed by atoms with Gasteiger partial charge in [0.25, 0.3) is 5.91 Å². The molecule has 0 spiro atoms. The number of carbonyl (C=O) groups excluding carboxylic acids is 2. The zero-order valence-electron chi connectivity index (χ0n) is 18.8. The maximum Gasteiger partial charge on any atom is 0.324 e. The summed E-state index contributed by atoms with van der Waals surface area (Å²) >= 11 is 0. The van der Waals surface area contributed by atoms with Crippen LogP contribution in [-0.4, -0.2) is 44.1 Å². The van der Waals surface area contributed by atoms with E-state index in [1.165, 1.54) is 0 Å². The van der Waals surface area contributed by atoms with Crippen molar-refractivity contribution < 1.29 is 19.1 Å².